The Morgan fingerprint density at radius 3 is 2.89 bits per heavy atom. The van der Waals surface area contributed by atoms with Gasteiger partial charge in [-0.25, -0.2) is 4.98 Å². The van der Waals surface area contributed by atoms with Gasteiger partial charge in [-0.3, -0.25) is 4.79 Å². The van der Waals surface area contributed by atoms with Crippen LogP contribution in [0.2, 0.25) is 0 Å². The van der Waals surface area contributed by atoms with Crippen LogP contribution in [0.3, 0.4) is 0 Å². The Hall–Kier alpha value is -0.940. The van der Waals surface area contributed by atoms with E-state index in [0.717, 1.165) is 30.7 Å². The standard InChI is InChI=1S/C13H23N3OS/c1-10(4-3-5-11(2)14)13(17)16-7-6-12-15-8-9-18-12/h8-11H,3-7,14H2,1-2H3,(H,16,17). The number of rotatable bonds is 8. The summed E-state index contributed by atoms with van der Waals surface area (Å²) in [6, 6.07) is 0.227. The van der Waals surface area contributed by atoms with Crippen molar-refractivity contribution in [1.29, 1.82) is 0 Å². The lowest BCUT2D eigenvalue weighted by Crippen LogP contribution is -2.31. The van der Waals surface area contributed by atoms with Gasteiger partial charge in [-0.15, -0.1) is 11.3 Å². The van der Waals surface area contributed by atoms with Gasteiger partial charge in [0.1, 0.15) is 0 Å². The molecule has 0 saturated carbocycles. The lowest BCUT2D eigenvalue weighted by atomic mass is 10.0. The van der Waals surface area contributed by atoms with Crippen molar-refractivity contribution < 1.29 is 4.79 Å². The summed E-state index contributed by atoms with van der Waals surface area (Å²) < 4.78 is 0. The van der Waals surface area contributed by atoms with Gasteiger partial charge < -0.3 is 11.1 Å². The highest BCUT2D eigenvalue weighted by Crippen LogP contribution is 2.09. The van der Waals surface area contributed by atoms with Crippen LogP contribution in [0.5, 0.6) is 0 Å². The van der Waals surface area contributed by atoms with Crippen LogP contribution in [0.4, 0.5) is 0 Å². The van der Waals surface area contributed by atoms with Gasteiger partial charge in [-0.05, 0) is 19.8 Å². The van der Waals surface area contributed by atoms with E-state index < -0.39 is 0 Å². The fourth-order valence-corrected chi connectivity index (χ4v) is 2.34. The maximum Gasteiger partial charge on any atom is 0.222 e. The quantitative estimate of drug-likeness (QED) is 0.758. The smallest absolute Gasteiger partial charge is 0.222 e. The third kappa shape index (κ3) is 6.12. The molecule has 102 valence electrons. The van der Waals surface area contributed by atoms with E-state index in [9.17, 15) is 4.79 Å². The van der Waals surface area contributed by atoms with E-state index in [1.807, 2.05) is 19.2 Å². The highest BCUT2D eigenvalue weighted by molar-refractivity contribution is 7.09. The number of nitrogens with zero attached hydrogens (tertiary/aromatic N) is 1. The van der Waals surface area contributed by atoms with Crippen LogP contribution in [0.1, 0.15) is 38.1 Å². The van der Waals surface area contributed by atoms with Crippen molar-refractivity contribution in [3.63, 3.8) is 0 Å². The molecule has 0 spiro atoms. The SMILES string of the molecule is CC(N)CCCC(C)C(=O)NCCc1nccs1. The third-order valence-electron chi connectivity index (χ3n) is 2.87. The molecule has 18 heavy (non-hydrogen) atoms. The first kappa shape index (κ1) is 15.1. The summed E-state index contributed by atoms with van der Waals surface area (Å²) in [5.74, 6) is 0.205. The minimum atomic E-state index is 0.0695. The van der Waals surface area contributed by atoms with Gasteiger partial charge in [0.05, 0.1) is 5.01 Å². The molecule has 5 heteroatoms. The molecule has 0 radical (unpaired) electrons. The molecule has 1 rings (SSSR count). The number of nitrogens with one attached hydrogen (secondary N) is 1. The molecule has 1 aromatic rings. The van der Waals surface area contributed by atoms with E-state index in [-0.39, 0.29) is 17.9 Å². The second-order valence-corrected chi connectivity index (χ2v) is 5.76. The summed E-state index contributed by atoms with van der Waals surface area (Å²) in [7, 11) is 0. The van der Waals surface area contributed by atoms with E-state index in [0.29, 0.717) is 6.54 Å². The number of carbonyl (C=O) groups excluding carboxylic acids is 1. The summed E-state index contributed by atoms with van der Waals surface area (Å²) in [5, 5.41) is 5.98. The molecule has 0 saturated heterocycles. The molecule has 1 heterocycles. The third-order valence-corrected chi connectivity index (χ3v) is 3.71. The van der Waals surface area contributed by atoms with E-state index >= 15 is 0 Å². The van der Waals surface area contributed by atoms with Crippen molar-refractivity contribution in [3.05, 3.63) is 16.6 Å². The van der Waals surface area contributed by atoms with Crippen LogP contribution in [0, 0.1) is 5.92 Å². The first-order valence-corrected chi connectivity index (χ1v) is 7.39. The number of thiazole rings is 1. The highest BCUT2D eigenvalue weighted by atomic mass is 32.1. The Morgan fingerprint density at radius 1 is 1.50 bits per heavy atom. The maximum atomic E-state index is 11.8. The summed E-state index contributed by atoms with van der Waals surface area (Å²) in [6.07, 6.45) is 5.51. The second kappa shape index (κ2) is 8.21. The molecule has 2 unspecified atom stereocenters. The second-order valence-electron chi connectivity index (χ2n) is 4.78. The Bertz CT molecular complexity index is 338. The molecule has 0 bridgehead atoms. The lowest BCUT2D eigenvalue weighted by Gasteiger charge is -2.12. The van der Waals surface area contributed by atoms with Gasteiger partial charge in [-0.2, -0.15) is 0 Å². The van der Waals surface area contributed by atoms with Crippen LogP contribution in [0.25, 0.3) is 0 Å². The Balaban J connectivity index is 2.11. The van der Waals surface area contributed by atoms with Crippen LogP contribution in [-0.4, -0.2) is 23.5 Å². The molecule has 0 aliphatic heterocycles. The van der Waals surface area contributed by atoms with Gasteiger partial charge in [0, 0.05) is 36.5 Å². The zero-order valence-electron chi connectivity index (χ0n) is 11.2. The first-order valence-electron chi connectivity index (χ1n) is 6.51. The molecule has 4 nitrogen and oxygen atoms in total. The van der Waals surface area contributed by atoms with E-state index in [1.165, 1.54) is 0 Å². The monoisotopic (exact) mass is 269 g/mol. The van der Waals surface area contributed by atoms with Gasteiger partial charge in [0.2, 0.25) is 5.91 Å². The van der Waals surface area contributed by atoms with Crippen LogP contribution in [-0.2, 0) is 11.2 Å². The highest BCUT2D eigenvalue weighted by Gasteiger charge is 2.12. The Morgan fingerprint density at radius 2 is 2.28 bits per heavy atom. The minimum Gasteiger partial charge on any atom is -0.355 e. The number of hydrogen-bond donors (Lipinski definition) is 2. The van der Waals surface area contributed by atoms with Crippen LogP contribution in [0.15, 0.2) is 11.6 Å². The summed E-state index contributed by atoms with van der Waals surface area (Å²) in [4.78, 5) is 16.0. The lowest BCUT2D eigenvalue weighted by molar-refractivity contribution is -0.124. The number of aromatic nitrogens is 1. The molecule has 0 aliphatic rings. The summed E-state index contributed by atoms with van der Waals surface area (Å²) in [5.41, 5.74) is 5.68. The first-order chi connectivity index (χ1) is 8.59. The van der Waals surface area contributed by atoms with E-state index in [4.69, 9.17) is 5.73 Å². The van der Waals surface area contributed by atoms with Gasteiger partial charge >= 0.3 is 0 Å². The molecule has 0 aromatic carbocycles. The molecule has 2 atom stereocenters. The fourth-order valence-electron chi connectivity index (χ4n) is 1.72. The Labute approximate surface area is 113 Å². The molecule has 0 aliphatic carbocycles. The molecular formula is C13H23N3OS. The van der Waals surface area contributed by atoms with Crippen molar-refractivity contribution in [2.75, 3.05) is 6.54 Å². The molecule has 1 aromatic heterocycles. The van der Waals surface area contributed by atoms with Crippen LogP contribution >= 0.6 is 11.3 Å². The summed E-state index contributed by atoms with van der Waals surface area (Å²) in [6.45, 7) is 4.64. The zero-order chi connectivity index (χ0) is 13.4. The maximum absolute atomic E-state index is 11.8. The molecule has 1 amide bonds. The van der Waals surface area contributed by atoms with E-state index in [1.54, 1.807) is 17.5 Å². The van der Waals surface area contributed by atoms with Gasteiger partial charge in [0.15, 0.2) is 0 Å². The van der Waals surface area contributed by atoms with Crippen molar-refractivity contribution in [2.45, 2.75) is 45.6 Å². The average Bonchev–Trinajstić information content (AvgIpc) is 2.81. The summed E-state index contributed by atoms with van der Waals surface area (Å²) >= 11 is 1.62. The minimum absolute atomic E-state index is 0.0695. The molecule has 0 fully saturated rings. The van der Waals surface area contributed by atoms with Crippen molar-refractivity contribution >= 4 is 17.2 Å². The molecule has 3 N–H and O–H groups in total. The fraction of sp³-hybridized carbons (Fsp3) is 0.692. The number of amides is 1. The van der Waals surface area contributed by atoms with Crippen molar-refractivity contribution in [3.8, 4) is 0 Å². The topological polar surface area (TPSA) is 68.0 Å². The molecular weight excluding hydrogens is 246 g/mol. The van der Waals surface area contributed by atoms with Crippen LogP contribution < -0.4 is 11.1 Å². The van der Waals surface area contributed by atoms with Gasteiger partial charge in [0.25, 0.3) is 0 Å². The van der Waals surface area contributed by atoms with E-state index in [2.05, 4.69) is 10.3 Å². The van der Waals surface area contributed by atoms with Gasteiger partial charge in [-0.1, -0.05) is 13.3 Å². The predicted molar refractivity (Wildman–Crippen MR) is 75.5 cm³/mol. The van der Waals surface area contributed by atoms with Crippen molar-refractivity contribution in [2.24, 2.45) is 11.7 Å². The largest absolute Gasteiger partial charge is 0.355 e. The normalized spacial score (nSPS) is 14.2. The van der Waals surface area contributed by atoms with Crippen molar-refractivity contribution in [1.82, 2.24) is 10.3 Å². The number of hydrogen-bond acceptors (Lipinski definition) is 4. The zero-order valence-corrected chi connectivity index (χ0v) is 12.0. The number of nitrogens with two attached hydrogens (primary N) is 1. The number of carbonyl (C=O) groups is 1. The predicted octanol–water partition coefficient (Wildman–Crippen LogP) is 1.96. The Kier molecular flexibility index (Phi) is 6.90. The average molecular weight is 269 g/mol.